The molecule has 0 saturated heterocycles. The molecule has 6 nitrogen and oxygen atoms in total. The normalized spacial score (nSPS) is 15.9. The second-order valence-electron chi connectivity index (χ2n) is 6.91. The summed E-state index contributed by atoms with van der Waals surface area (Å²) in [5, 5.41) is 7.25. The van der Waals surface area contributed by atoms with Crippen LogP contribution in [0.1, 0.15) is 43.0 Å². The van der Waals surface area contributed by atoms with Crippen LogP contribution in [-0.4, -0.2) is 20.6 Å². The first-order valence-corrected chi connectivity index (χ1v) is 8.99. The predicted molar refractivity (Wildman–Crippen MR) is 96.8 cm³/mol. The van der Waals surface area contributed by atoms with Crippen molar-refractivity contribution in [2.45, 2.75) is 44.6 Å². The third kappa shape index (κ3) is 3.27. The Labute approximate surface area is 152 Å². The first kappa shape index (κ1) is 16.6. The Balaban J connectivity index is 1.46. The molecule has 1 fully saturated rings. The molecule has 1 aromatic carbocycles. The van der Waals surface area contributed by atoms with Gasteiger partial charge < -0.3 is 14.4 Å². The zero-order chi connectivity index (χ0) is 18.0. The van der Waals surface area contributed by atoms with Crippen molar-refractivity contribution in [2.24, 2.45) is 0 Å². The van der Waals surface area contributed by atoms with Gasteiger partial charge in [0.05, 0.1) is 6.42 Å². The second-order valence-corrected chi connectivity index (χ2v) is 6.91. The number of carbonyl (C=O) groups excluding carboxylic acids is 1. The molecule has 1 aliphatic carbocycles. The largest absolute Gasteiger partial charge is 0.343 e. The summed E-state index contributed by atoms with van der Waals surface area (Å²) in [5.41, 5.74) is 1.57. The molecule has 0 aliphatic heterocycles. The van der Waals surface area contributed by atoms with E-state index in [9.17, 15) is 4.79 Å². The minimum Gasteiger partial charge on any atom is -0.343 e. The number of nitrogens with zero attached hydrogens (tertiary/aromatic N) is 3. The van der Waals surface area contributed by atoms with Gasteiger partial charge in [0.2, 0.25) is 11.8 Å². The van der Waals surface area contributed by atoms with Crippen molar-refractivity contribution in [3.63, 3.8) is 0 Å². The second kappa shape index (κ2) is 6.78. The fourth-order valence-electron chi connectivity index (χ4n) is 3.67. The molecule has 26 heavy (non-hydrogen) atoms. The average Bonchev–Trinajstić information content (AvgIpc) is 3.37. The van der Waals surface area contributed by atoms with Crippen molar-refractivity contribution < 1.29 is 9.32 Å². The van der Waals surface area contributed by atoms with Gasteiger partial charge in [-0.3, -0.25) is 4.79 Å². The van der Waals surface area contributed by atoms with E-state index in [1.54, 1.807) is 6.92 Å². The molecule has 0 unspecified atom stereocenters. The topological polar surface area (TPSA) is 73.0 Å². The maximum atomic E-state index is 12.7. The molecule has 0 atom stereocenters. The van der Waals surface area contributed by atoms with E-state index >= 15 is 0 Å². The van der Waals surface area contributed by atoms with Crippen LogP contribution in [0.4, 0.5) is 0 Å². The monoisotopic (exact) mass is 350 g/mol. The third-order valence-electron chi connectivity index (χ3n) is 5.00. The Morgan fingerprint density at radius 1 is 1.19 bits per heavy atom. The minimum absolute atomic E-state index is 0.0110. The Bertz CT molecular complexity index is 875. The van der Waals surface area contributed by atoms with E-state index in [1.807, 2.05) is 53.4 Å². The van der Waals surface area contributed by atoms with Crippen molar-refractivity contribution >= 4 is 5.91 Å². The van der Waals surface area contributed by atoms with Crippen molar-refractivity contribution in [2.75, 3.05) is 0 Å². The third-order valence-corrected chi connectivity index (χ3v) is 5.00. The maximum Gasteiger partial charge on any atom is 0.225 e. The van der Waals surface area contributed by atoms with Crippen LogP contribution in [0, 0.1) is 6.92 Å². The Morgan fingerprint density at radius 2 is 1.88 bits per heavy atom. The molecule has 1 aliphatic rings. The first-order valence-electron chi connectivity index (χ1n) is 8.99. The molecule has 4 rings (SSSR count). The van der Waals surface area contributed by atoms with Crippen molar-refractivity contribution in [1.82, 2.24) is 20.0 Å². The molecule has 1 N–H and O–H groups in total. The Kier molecular flexibility index (Phi) is 4.32. The van der Waals surface area contributed by atoms with Crippen LogP contribution < -0.4 is 5.32 Å². The average molecular weight is 350 g/mol. The standard InChI is InChI=1S/C20H22N4O2/c1-15-21-19(23-26-15)20(10-2-3-11-20)22-18(25)14-16-6-8-17(9-7-16)24-12-4-5-13-24/h4-9,12-13H,2-3,10-11,14H2,1H3,(H,22,25). The lowest BCUT2D eigenvalue weighted by atomic mass is 9.96. The predicted octanol–water partition coefficient (Wildman–Crippen LogP) is 3.30. The van der Waals surface area contributed by atoms with Crippen LogP contribution in [0.3, 0.4) is 0 Å². The van der Waals surface area contributed by atoms with Crippen LogP contribution in [-0.2, 0) is 16.8 Å². The number of rotatable bonds is 5. The summed E-state index contributed by atoms with van der Waals surface area (Å²) in [7, 11) is 0. The summed E-state index contributed by atoms with van der Waals surface area (Å²) in [6.07, 6.45) is 8.15. The van der Waals surface area contributed by atoms with E-state index < -0.39 is 5.54 Å². The zero-order valence-electron chi connectivity index (χ0n) is 14.8. The molecule has 2 heterocycles. The number of benzene rings is 1. The van der Waals surface area contributed by atoms with Gasteiger partial charge in [0.25, 0.3) is 0 Å². The zero-order valence-corrected chi connectivity index (χ0v) is 14.8. The quantitative estimate of drug-likeness (QED) is 0.766. The molecule has 1 amide bonds. The van der Waals surface area contributed by atoms with Crippen LogP contribution in [0.2, 0.25) is 0 Å². The Morgan fingerprint density at radius 3 is 2.50 bits per heavy atom. The molecule has 134 valence electrons. The molecule has 0 spiro atoms. The molecule has 3 aromatic rings. The number of aromatic nitrogens is 3. The molecule has 2 aromatic heterocycles. The summed E-state index contributed by atoms with van der Waals surface area (Å²) in [6.45, 7) is 1.77. The summed E-state index contributed by atoms with van der Waals surface area (Å²) in [4.78, 5) is 17.0. The van der Waals surface area contributed by atoms with E-state index in [0.29, 0.717) is 18.1 Å². The van der Waals surface area contributed by atoms with Crippen LogP contribution >= 0.6 is 0 Å². The summed E-state index contributed by atoms with van der Waals surface area (Å²) in [5.74, 6) is 1.12. The van der Waals surface area contributed by atoms with E-state index in [0.717, 1.165) is 36.9 Å². The highest BCUT2D eigenvalue weighted by molar-refractivity contribution is 5.79. The highest BCUT2D eigenvalue weighted by Gasteiger charge is 2.41. The molecular formula is C20H22N4O2. The number of nitrogens with one attached hydrogen (secondary N) is 1. The van der Waals surface area contributed by atoms with Crippen molar-refractivity contribution in [1.29, 1.82) is 0 Å². The van der Waals surface area contributed by atoms with Gasteiger partial charge in [-0.2, -0.15) is 4.98 Å². The van der Waals surface area contributed by atoms with Crippen LogP contribution in [0.5, 0.6) is 0 Å². The lowest BCUT2D eigenvalue weighted by molar-refractivity contribution is -0.122. The number of carbonyl (C=O) groups is 1. The van der Waals surface area contributed by atoms with E-state index in [4.69, 9.17) is 4.52 Å². The molecular weight excluding hydrogens is 328 g/mol. The van der Waals surface area contributed by atoms with Gasteiger partial charge >= 0.3 is 0 Å². The number of aryl methyl sites for hydroxylation is 1. The summed E-state index contributed by atoms with van der Waals surface area (Å²) < 4.78 is 7.17. The number of hydrogen-bond acceptors (Lipinski definition) is 4. The van der Waals surface area contributed by atoms with Gasteiger partial charge in [-0.05, 0) is 42.7 Å². The Hall–Kier alpha value is -2.89. The summed E-state index contributed by atoms with van der Waals surface area (Å²) in [6, 6.07) is 12.0. The lowest BCUT2D eigenvalue weighted by Crippen LogP contribution is -2.45. The lowest BCUT2D eigenvalue weighted by Gasteiger charge is -2.26. The van der Waals surface area contributed by atoms with E-state index in [-0.39, 0.29) is 5.91 Å². The van der Waals surface area contributed by atoms with Gasteiger partial charge in [-0.25, -0.2) is 0 Å². The maximum absolute atomic E-state index is 12.7. The minimum atomic E-state index is -0.486. The molecule has 6 heteroatoms. The smallest absolute Gasteiger partial charge is 0.225 e. The molecule has 1 saturated carbocycles. The fraction of sp³-hybridized carbons (Fsp3) is 0.350. The highest BCUT2D eigenvalue weighted by Crippen LogP contribution is 2.37. The van der Waals surface area contributed by atoms with Gasteiger partial charge in [-0.15, -0.1) is 0 Å². The molecule has 0 radical (unpaired) electrons. The van der Waals surface area contributed by atoms with Crippen molar-refractivity contribution in [3.8, 4) is 5.69 Å². The van der Waals surface area contributed by atoms with Gasteiger partial charge in [0, 0.05) is 25.0 Å². The van der Waals surface area contributed by atoms with Gasteiger partial charge in [0.15, 0.2) is 5.82 Å². The highest BCUT2D eigenvalue weighted by atomic mass is 16.5. The number of hydrogen-bond donors (Lipinski definition) is 1. The van der Waals surface area contributed by atoms with Crippen LogP contribution in [0.25, 0.3) is 5.69 Å². The van der Waals surface area contributed by atoms with Crippen molar-refractivity contribution in [3.05, 3.63) is 66.1 Å². The van der Waals surface area contributed by atoms with E-state index in [1.165, 1.54) is 0 Å². The SMILES string of the molecule is Cc1nc(C2(NC(=O)Cc3ccc(-n4cccc4)cc3)CCCC2)no1. The fourth-order valence-corrected chi connectivity index (χ4v) is 3.67. The van der Waals surface area contributed by atoms with E-state index in [2.05, 4.69) is 15.5 Å². The number of amides is 1. The van der Waals surface area contributed by atoms with Gasteiger partial charge in [0.1, 0.15) is 5.54 Å². The van der Waals surface area contributed by atoms with Gasteiger partial charge in [-0.1, -0.05) is 30.1 Å². The molecule has 0 bridgehead atoms. The summed E-state index contributed by atoms with van der Waals surface area (Å²) >= 11 is 0. The first-order chi connectivity index (χ1) is 12.6. The van der Waals surface area contributed by atoms with Crippen LogP contribution in [0.15, 0.2) is 53.3 Å².